The van der Waals surface area contributed by atoms with Gasteiger partial charge in [0.05, 0.1) is 5.69 Å². The van der Waals surface area contributed by atoms with Crippen molar-refractivity contribution in [2.24, 2.45) is 0 Å². The zero-order valence-electron chi connectivity index (χ0n) is 10.5. The number of halogens is 1. The van der Waals surface area contributed by atoms with Crippen molar-refractivity contribution < 1.29 is 14.7 Å². The number of carbonyl (C=O) groups is 2. The number of amides is 2. The summed E-state index contributed by atoms with van der Waals surface area (Å²) in [7, 11) is 0. The molecule has 1 heterocycles. The summed E-state index contributed by atoms with van der Waals surface area (Å²) in [6, 6.07) is 7.63. The first-order valence-electron chi connectivity index (χ1n) is 5.72. The fourth-order valence-electron chi connectivity index (χ4n) is 1.71. The van der Waals surface area contributed by atoms with E-state index in [2.05, 4.69) is 15.6 Å². The van der Waals surface area contributed by atoms with Gasteiger partial charge >= 0.3 is 12.0 Å². The van der Waals surface area contributed by atoms with Gasteiger partial charge in [-0.3, -0.25) is 0 Å². The molecular weight excluding hydrogens is 282 g/mol. The lowest BCUT2D eigenvalue weighted by molar-refractivity contribution is 0.0692. The van der Waals surface area contributed by atoms with Crippen molar-refractivity contribution in [1.82, 2.24) is 4.98 Å². The number of carboxylic acids is 1. The Morgan fingerprint density at radius 2 is 2.00 bits per heavy atom. The fourth-order valence-corrected chi connectivity index (χ4v) is 1.90. The zero-order valence-corrected chi connectivity index (χ0v) is 11.3. The summed E-state index contributed by atoms with van der Waals surface area (Å²) in [6.45, 7) is 1.70. The molecule has 0 unspecified atom stereocenters. The van der Waals surface area contributed by atoms with Gasteiger partial charge in [-0.05, 0) is 31.2 Å². The summed E-state index contributed by atoms with van der Waals surface area (Å²) >= 11 is 5.80. The third kappa shape index (κ3) is 3.30. The second-order valence-electron chi connectivity index (χ2n) is 4.14. The summed E-state index contributed by atoms with van der Waals surface area (Å²) in [4.78, 5) is 25.5. The Labute approximate surface area is 119 Å². The van der Waals surface area contributed by atoms with E-state index in [1.807, 2.05) is 0 Å². The minimum absolute atomic E-state index is 0.0660. The summed E-state index contributed by atoms with van der Waals surface area (Å²) in [5, 5.41) is 14.5. The van der Waals surface area contributed by atoms with Crippen LogP contribution in [0.3, 0.4) is 0 Å². The van der Waals surface area contributed by atoms with Crippen LogP contribution in [-0.4, -0.2) is 22.1 Å². The molecule has 0 saturated carbocycles. The molecule has 0 aliphatic heterocycles. The summed E-state index contributed by atoms with van der Waals surface area (Å²) < 4.78 is 0. The van der Waals surface area contributed by atoms with Gasteiger partial charge in [0.2, 0.25) is 0 Å². The molecule has 1 aromatic carbocycles. The van der Waals surface area contributed by atoms with Crippen molar-refractivity contribution in [1.29, 1.82) is 0 Å². The predicted octanol–water partition coefficient (Wildman–Crippen LogP) is 3.32. The molecule has 104 valence electrons. The molecule has 0 fully saturated rings. The number of hydrogen-bond donors (Lipinski definition) is 4. The highest BCUT2D eigenvalue weighted by molar-refractivity contribution is 6.30. The number of aryl methyl sites for hydroxylation is 1. The van der Waals surface area contributed by atoms with Crippen molar-refractivity contribution in [2.45, 2.75) is 6.92 Å². The van der Waals surface area contributed by atoms with Crippen LogP contribution in [0.5, 0.6) is 0 Å². The Balaban J connectivity index is 2.10. The van der Waals surface area contributed by atoms with Crippen molar-refractivity contribution in [3.63, 3.8) is 0 Å². The lowest BCUT2D eigenvalue weighted by Crippen LogP contribution is -2.20. The fraction of sp³-hybridized carbons (Fsp3) is 0.0769. The zero-order chi connectivity index (χ0) is 14.7. The third-order valence-electron chi connectivity index (χ3n) is 2.50. The molecule has 0 atom stereocenters. The van der Waals surface area contributed by atoms with Gasteiger partial charge in [0.1, 0.15) is 5.69 Å². The van der Waals surface area contributed by atoms with Gasteiger partial charge in [0, 0.05) is 16.4 Å². The molecule has 0 bridgehead atoms. The Bertz CT molecular complexity index is 667. The second-order valence-corrected chi connectivity index (χ2v) is 4.57. The number of nitrogens with one attached hydrogen (secondary N) is 3. The van der Waals surface area contributed by atoms with Gasteiger partial charge in [0.15, 0.2) is 0 Å². The predicted molar refractivity (Wildman–Crippen MR) is 76.6 cm³/mol. The van der Waals surface area contributed by atoms with Gasteiger partial charge in [-0.25, -0.2) is 9.59 Å². The Morgan fingerprint density at radius 3 is 2.65 bits per heavy atom. The molecule has 2 aromatic rings. The number of aromatic amines is 1. The number of rotatable bonds is 3. The first kappa shape index (κ1) is 14.0. The molecule has 7 heteroatoms. The summed E-state index contributed by atoms with van der Waals surface area (Å²) in [5.74, 6) is -1.14. The number of anilines is 2. The van der Waals surface area contributed by atoms with Crippen LogP contribution in [0.1, 0.15) is 16.2 Å². The van der Waals surface area contributed by atoms with Gasteiger partial charge in [0.25, 0.3) is 0 Å². The molecule has 4 N–H and O–H groups in total. The minimum Gasteiger partial charge on any atom is -0.477 e. The molecule has 0 aliphatic rings. The maximum Gasteiger partial charge on any atom is 0.354 e. The Kier molecular flexibility index (Phi) is 3.95. The van der Waals surface area contributed by atoms with Gasteiger partial charge < -0.3 is 20.7 Å². The van der Waals surface area contributed by atoms with Crippen LogP contribution in [0.4, 0.5) is 16.2 Å². The smallest absolute Gasteiger partial charge is 0.354 e. The normalized spacial score (nSPS) is 10.1. The number of urea groups is 1. The van der Waals surface area contributed by atoms with E-state index in [0.29, 0.717) is 16.4 Å². The summed E-state index contributed by atoms with van der Waals surface area (Å²) in [6.07, 6.45) is 0. The van der Waals surface area contributed by atoms with Crippen LogP contribution in [0, 0.1) is 6.92 Å². The largest absolute Gasteiger partial charge is 0.477 e. The topological polar surface area (TPSA) is 94.2 Å². The lowest BCUT2D eigenvalue weighted by atomic mass is 10.3. The Hall–Kier alpha value is -2.47. The van der Waals surface area contributed by atoms with Crippen LogP contribution < -0.4 is 10.6 Å². The van der Waals surface area contributed by atoms with E-state index >= 15 is 0 Å². The standard InChI is InChI=1S/C13H12ClN3O3/c1-7-5-10(11(15-7)12(18)19)17-13(20)16-9-4-2-3-8(14)6-9/h2-6,15H,1H3,(H,18,19)(H2,16,17,20). The van der Waals surface area contributed by atoms with E-state index in [0.717, 1.165) is 0 Å². The van der Waals surface area contributed by atoms with E-state index in [9.17, 15) is 9.59 Å². The highest BCUT2D eigenvalue weighted by Crippen LogP contribution is 2.18. The molecule has 0 radical (unpaired) electrons. The third-order valence-corrected chi connectivity index (χ3v) is 2.73. The van der Waals surface area contributed by atoms with Gasteiger partial charge in [-0.2, -0.15) is 0 Å². The molecule has 2 amide bonds. The molecule has 2 rings (SSSR count). The van der Waals surface area contributed by atoms with Crippen LogP contribution >= 0.6 is 11.6 Å². The van der Waals surface area contributed by atoms with Crippen molar-refractivity contribution in [3.8, 4) is 0 Å². The minimum atomic E-state index is -1.14. The molecule has 6 nitrogen and oxygen atoms in total. The van der Waals surface area contributed by atoms with Crippen molar-refractivity contribution >= 4 is 35.0 Å². The molecule has 0 aliphatic carbocycles. The van der Waals surface area contributed by atoms with Crippen molar-refractivity contribution in [3.05, 3.63) is 46.7 Å². The Morgan fingerprint density at radius 1 is 1.25 bits per heavy atom. The lowest BCUT2D eigenvalue weighted by Gasteiger charge is -2.07. The van der Waals surface area contributed by atoms with Crippen LogP contribution in [0.25, 0.3) is 0 Å². The maximum absolute atomic E-state index is 11.8. The number of benzene rings is 1. The molecular formula is C13H12ClN3O3. The number of aromatic carboxylic acids is 1. The van der Waals surface area contributed by atoms with E-state index < -0.39 is 12.0 Å². The number of H-pyrrole nitrogens is 1. The van der Waals surface area contributed by atoms with Gasteiger partial charge in [-0.1, -0.05) is 17.7 Å². The van der Waals surface area contributed by atoms with E-state index in [-0.39, 0.29) is 11.4 Å². The number of carbonyl (C=O) groups excluding carboxylic acids is 1. The van der Waals surface area contributed by atoms with Crippen LogP contribution in [-0.2, 0) is 0 Å². The number of hydrogen-bond acceptors (Lipinski definition) is 2. The quantitative estimate of drug-likeness (QED) is 0.699. The number of aromatic nitrogens is 1. The van der Waals surface area contributed by atoms with Crippen LogP contribution in [0.2, 0.25) is 5.02 Å². The monoisotopic (exact) mass is 293 g/mol. The van der Waals surface area contributed by atoms with Crippen LogP contribution in [0.15, 0.2) is 30.3 Å². The van der Waals surface area contributed by atoms with Gasteiger partial charge in [-0.15, -0.1) is 0 Å². The SMILES string of the molecule is Cc1cc(NC(=O)Nc2cccc(Cl)c2)c(C(=O)O)[nH]1. The first-order chi connectivity index (χ1) is 9.45. The molecule has 0 spiro atoms. The highest BCUT2D eigenvalue weighted by Gasteiger charge is 2.15. The first-order valence-corrected chi connectivity index (χ1v) is 6.10. The maximum atomic E-state index is 11.8. The average molecular weight is 294 g/mol. The van der Waals surface area contributed by atoms with E-state index in [4.69, 9.17) is 16.7 Å². The molecule has 0 saturated heterocycles. The average Bonchev–Trinajstić information content (AvgIpc) is 2.70. The second kappa shape index (κ2) is 5.66. The van der Waals surface area contributed by atoms with Crippen molar-refractivity contribution in [2.75, 3.05) is 10.6 Å². The molecule has 1 aromatic heterocycles. The number of carboxylic acid groups (broad SMARTS) is 1. The summed E-state index contributed by atoms with van der Waals surface area (Å²) in [5.41, 5.74) is 1.29. The van der Waals surface area contributed by atoms with E-state index in [1.54, 1.807) is 37.3 Å². The molecule has 20 heavy (non-hydrogen) atoms. The van der Waals surface area contributed by atoms with E-state index in [1.165, 1.54) is 0 Å². The highest BCUT2D eigenvalue weighted by atomic mass is 35.5.